The lowest BCUT2D eigenvalue weighted by Crippen LogP contribution is -2.61. The second-order valence-electron chi connectivity index (χ2n) is 7.50. The fraction of sp³-hybridized carbons (Fsp3) is 1.00. The summed E-state index contributed by atoms with van der Waals surface area (Å²) in [5, 5.41) is 0. The summed E-state index contributed by atoms with van der Waals surface area (Å²) in [6.45, 7) is 8.07. The van der Waals surface area contributed by atoms with E-state index in [2.05, 4.69) is 32.7 Å². The Balaban J connectivity index is 2.13. The van der Waals surface area contributed by atoms with Gasteiger partial charge in [-0.3, -0.25) is 4.90 Å². The molecule has 0 aromatic carbocycles. The molecule has 0 aliphatic heterocycles. The fourth-order valence-corrected chi connectivity index (χ4v) is 4.55. The summed E-state index contributed by atoms with van der Waals surface area (Å²) in [6.07, 6.45) is 9.51. The van der Waals surface area contributed by atoms with Crippen LogP contribution in [0.4, 0.5) is 0 Å². The van der Waals surface area contributed by atoms with E-state index in [9.17, 15) is 0 Å². The molecule has 0 heterocycles. The van der Waals surface area contributed by atoms with Gasteiger partial charge in [0.15, 0.2) is 0 Å². The Morgan fingerprint density at radius 2 is 1.72 bits per heavy atom. The van der Waals surface area contributed by atoms with Crippen molar-refractivity contribution < 1.29 is 0 Å². The highest BCUT2D eigenvalue weighted by atomic mass is 15.2. The van der Waals surface area contributed by atoms with Crippen molar-refractivity contribution in [3.8, 4) is 0 Å². The molecule has 2 nitrogen and oxygen atoms in total. The second kappa shape index (κ2) is 5.13. The highest BCUT2D eigenvalue weighted by molar-refractivity contribution is 5.07. The number of likely N-dealkylation sites (N-methyl/N-ethyl adjacent to an activating group) is 1. The Morgan fingerprint density at radius 3 is 2.17 bits per heavy atom. The number of hydrogen-bond acceptors (Lipinski definition) is 2. The molecule has 0 saturated heterocycles. The van der Waals surface area contributed by atoms with Gasteiger partial charge in [0.1, 0.15) is 0 Å². The Kier molecular flexibility index (Phi) is 4.08. The molecule has 0 spiro atoms. The van der Waals surface area contributed by atoms with Crippen molar-refractivity contribution in [3.63, 3.8) is 0 Å². The van der Waals surface area contributed by atoms with Crippen molar-refractivity contribution in [3.05, 3.63) is 0 Å². The summed E-state index contributed by atoms with van der Waals surface area (Å²) < 4.78 is 0. The molecule has 2 aliphatic carbocycles. The highest BCUT2D eigenvalue weighted by Gasteiger charge is 2.51. The van der Waals surface area contributed by atoms with Crippen molar-refractivity contribution in [2.75, 3.05) is 13.6 Å². The van der Waals surface area contributed by atoms with Gasteiger partial charge in [-0.25, -0.2) is 0 Å². The summed E-state index contributed by atoms with van der Waals surface area (Å²) in [7, 11) is 2.35. The summed E-state index contributed by atoms with van der Waals surface area (Å²) in [5.74, 6) is 0.931. The lowest BCUT2D eigenvalue weighted by molar-refractivity contribution is -0.0128. The van der Waals surface area contributed by atoms with E-state index in [-0.39, 0.29) is 5.54 Å². The topological polar surface area (TPSA) is 29.3 Å². The Morgan fingerprint density at radius 1 is 1.11 bits per heavy atom. The van der Waals surface area contributed by atoms with Gasteiger partial charge in [0.25, 0.3) is 0 Å². The van der Waals surface area contributed by atoms with Crippen LogP contribution in [0, 0.1) is 11.3 Å². The van der Waals surface area contributed by atoms with Crippen LogP contribution in [0.2, 0.25) is 0 Å². The maximum absolute atomic E-state index is 6.24. The molecular formula is C16H32N2. The number of hydrogen-bond donors (Lipinski definition) is 1. The number of rotatable bonds is 3. The van der Waals surface area contributed by atoms with Crippen molar-refractivity contribution in [1.29, 1.82) is 0 Å². The van der Waals surface area contributed by atoms with Crippen molar-refractivity contribution in [2.24, 2.45) is 17.1 Å². The molecule has 106 valence electrons. The van der Waals surface area contributed by atoms with E-state index in [0.717, 1.165) is 18.5 Å². The molecule has 2 fully saturated rings. The Bertz CT molecular complexity index is 279. The Labute approximate surface area is 113 Å². The van der Waals surface area contributed by atoms with Gasteiger partial charge in [-0.1, -0.05) is 27.2 Å². The molecule has 0 radical (unpaired) electrons. The smallest absolute Gasteiger partial charge is 0.0382 e. The molecule has 0 amide bonds. The monoisotopic (exact) mass is 252 g/mol. The highest BCUT2D eigenvalue weighted by Crippen LogP contribution is 2.50. The minimum absolute atomic E-state index is 0.248. The minimum Gasteiger partial charge on any atom is -0.329 e. The molecule has 1 unspecified atom stereocenters. The first-order chi connectivity index (χ1) is 8.43. The van der Waals surface area contributed by atoms with E-state index in [1.54, 1.807) is 0 Å². The number of nitrogens with two attached hydrogens (primary N) is 1. The van der Waals surface area contributed by atoms with Crippen LogP contribution in [-0.2, 0) is 0 Å². The third-order valence-electron chi connectivity index (χ3n) is 6.20. The third-order valence-corrected chi connectivity index (χ3v) is 6.20. The molecule has 2 heteroatoms. The minimum atomic E-state index is 0.248. The average molecular weight is 252 g/mol. The molecule has 2 saturated carbocycles. The van der Waals surface area contributed by atoms with E-state index in [1.165, 1.54) is 44.9 Å². The zero-order chi connectivity index (χ0) is 13.4. The number of nitrogens with zero attached hydrogens (tertiary/aromatic N) is 1. The van der Waals surface area contributed by atoms with Crippen LogP contribution in [-0.4, -0.2) is 30.1 Å². The second-order valence-corrected chi connectivity index (χ2v) is 7.50. The van der Waals surface area contributed by atoms with Gasteiger partial charge in [-0.15, -0.1) is 0 Å². The summed E-state index contributed by atoms with van der Waals surface area (Å²) in [6, 6.07) is 0.766. The zero-order valence-electron chi connectivity index (χ0n) is 12.8. The first kappa shape index (κ1) is 14.3. The van der Waals surface area contributed by atoms with Crippen molar-refractivity contribution in [1.82, 2.24) is 4.90 Å². The van der Waals surface area contributed by atoms with Crippen LogP contribution in [0.25, 0.3) is 0 Å². The third kappa shape index (κ3) is 2.22. The fourth-order valence-electron chi connectivity index (χ4n) is 4.55. The van der Waals surface area contributed by atoms with Gasteiger partial charge in [-0.05, 0) is 56.9 Å². The standard InChI is InChI=1S/C16H32N2/c1-13-6-8-14(9-7-13)18(4)16(12-17)11-5-10-15(16,2)3/h13-14H,5-12,17H2,1-4H3. The predicted octanol–water partition coefficient (Wildman–Crippen LogP) is 3.40. The van der Waals surface area contributed by atoms with E-state index < -0.39 is 0 Å². The van der Waals surface area contributed by atoms with Gasteiger partial charge < -0.3 is 5.73 Å². The van der Waals surface area contributed by atoms with E-state index in [0.29, 0.717) is 5.41 Å². The summed E-state index contributed by atoms with van der Waals surface area (Å²) >= 11 is 0. The molecule has 0 bridgehead atoms. The van der Waals surface area contributed by atoms with E-state index in [4.69, 9.17) is 5.73 Å². The van der Waals surface area contributed by atoms with Crippen LogP contribution in [0.3, 0.4) is 0 Å². The molecule has 0 aromatic rings. The van der Waals surface area contributed by atoms with Crippen LogP contribution >= 0.6 is 0 Å². The normalized spacial score (nSPS) is 40.3. The molecule has 2 N–H and O–H groups in total. The van der Waals surface area contributed by atoms with E-state index in [1.807, 2.05) is 0 Å². The zero-order valence-corrected chi connectivity index (χ0v) is 12.8. The molecule has 1 atom stereocenters. The quantitative estimate of drug-likeness (QED) is 0.834. The van der Waals surface area contributed by atoms with Crippen LogP contribution in [0.5, 0.6) is 0 Å². The summed E-state index contributed by atoms with van der Waals surface area (Å²) in [4.78, 5) is 2.69. The maximum atomic E-state index is 6.24. The largest absolute Gasteiger partial charge is 0.329 e. The SMILES string of the molecule is CC1CCC(N(C)C2(CN)CCCC2(C)C)CC1. The van der Waals surface area contributed by atoms with Crippen molar-refractivity contribution in [2.45, 2.75) is 77.3 Å². The molecular weight excluding hydrogens is 220 g/mol. The molecule has 0 aromatic heterocycles. The molecule has 2 aliphatic rings. The van der Waals surface area contributed by atoms with Crippen molar-refractivity contribution >= 4 is 0 Å². The van der Waals surface area contributed by atoms with Crippen LogP contribution in [0.15, 0.2) is 0 Å². The van der Waals surface area contributed by atoms with E-state index >= 15 is 0 Å². The average Bonchev–Trinajstić information content (AvgIpc) is 2.65. The first-order valence-electron chi connectivity index (χ1n) is 7.86. The Hall–Kier alpha value is -0.0800. The van der Waals surface area contributed by atoms with Gasteiger partial charge in [-0.2, -0.15) is 0 Å². The van der Waals surface area contributed by atoms with Gasteiger partial charge in [0, 0.05) is 18.1 Å². The van der Waals surface area contributed by atoms with Gasteiger partial charge in [0.2, 0.25) is 0 Å². The lowest BCUT2D eigenvalue weighted by Gasteiger charge is -2.52. The lowest BCUT2D eigenvalue weighted by atomic mass is 9.72. The van der Waals surface area contributed by atoms with Crippen LogP contribution < -0.4 is 5.73 Å². The molecule has 2 rings (SSSR count). The van der Waals surface area contributed by atoms with Crippen LogP contribution in [0.1, 0.15) is 65.7 Å². The maximum Gasteiger partial charge on any atom is 0.0382 e. The molecule has 18 heavy (non-hydrogen) atoms. The van der Waals surface area contributed by atoms with Gasteiger partial charge >= 0.3 is 0 Å². The predicted molar refractivity (Wildman–Crippen MR) is 78.6 cm³/mol. The van der Waals surface area contributed by atoms with Gasteiger partial charge in [0.05, 0.1) is 0 Å². The summed E-state index contributed by atoms with van der Waals surface area (Å²) in [5.41, 5.74) is 6.86. The first-order valence-corrected chi connectivity index (χ1v) is 7.86.